The molecule has 1 unspecified atom stereocenters. The summed E-state index contributed by atoms with van der Waals surface area (Å²) in [4.78, 5) is 0. The predicted octanol–water partition coefficient (Wildman–Crippen LogP) is 3.93. The average molecular weight is 259 g/mol. The highest BCUT2D eigenvalue weighted by Gasteiger charge is 2.32. The van der Waals surface area contributed by atoms with Crippen LogP contribution in [0.1, 0.15) is 50.1 Å². The molecule has 1 aromatic rings. The number of ether oxygens (including phenoxy) is 1. The molecule has 0 aliphatic heterocycles. The highest BCUT2D eigenvalue weighted by atomic mass is 16.5. The number of rotatable bonds is 6. The first-order chi connectivity index (χ1) is 9.36. The quantitative estimate of drug-likeness (QED) is 0.836. The first kappa shape index (κ1) is 13.0. The zero-order valence-corrected chi connectivity index (χ0v) is 11.9. The molecule has 104 valence electrons. The molecule has 2 nitrogen and oxygen atoms in total. The SMILES string of the molecule is COc1ccc(C(NCC2CCCC2)C2CC2)cc1. The lowest BCUT2D eigenvalue weighted by Gasteiger charge is -2.21. The lowest BCUT2D eigenvalue weighted by molar-refractivity contribution is 0.406. The van der Waals surface area contributed by atoms with Crippen LogP contribution in [0.15, 0.2) is 24.3 Å². The van der Waals surface area contributed by atoms with Crippen molar-refractivity contribution in [1.82, 2.24) is 5.32 Å². The minimum Gasteiger partial charge on any atom is -0.497 e. The third-order valence-corrected chi connectivity index (χ3v) is 4.67. The van der Waals surface area contributed by atoms with Gasteiger partial charge in [0.15, 0.2) is 0 Å². The molecule has 19 heavy (non-hydrogen) atoms. The van der Waals surface area contributed by atoms with Gasteiger partial charge in [0.05, 0.1) is 7.11 Å². The minimum atomic E-state index is 0.562. The van der Waals surface area contributed by atoms with Crippen molar-refractivity contribution in [3.63, 3.8) is 0 Å². The van der Waals surface area contributed by atoms with Crippen molar-refractivity contribution in [1.29, 1.82) is 0 Å². The summed E-state index contributed by atoms with van der Waals surface area (Å²) in [7, 11) is 1.73. The Labute approximate surface area is 116 Å². The van der Waals surface area contributed by atoms with Gasteiger partial charge in [0.25, 0.3) is 0 Å². The van der Waals surface area contributed by atoms with Crippen LogP contribution < -0.4 is 10.1 Å². The zero-order valence-electron chi connectivity index (χ0n) is 11.9. The van der Waals surface area contributed by atoms with Crippen LogP contribution in [0.5, 0.6) is 5.75 Å². The van der Waals surface area contributed by atoms with Crippen LogP contribution in [-0.4, -0.2) is 13.7 Å². The van der Waals surface area contributed by atoms with Crippen molar-refractivity contribution < 1.29 is 4.74 Å². The Morgan fingerprint density at radius 3 is 2.37 bits per heavy atom. The standard InChI is InChI=1S/C17H25NO/c1-19-16-10-8-15(9-11-16)17(14-6-7-14)18-12-13-4-2-3-5-13/h8-11,13-14,17-18H,2-7,12H2,1H3. The molecule has 3 rings (SSSR count). The molecular formula is C17H25NO. The Bertz CT molecular complexity index is 390. The summed E-state index contributed by atoms with van der Waals surface area (Å²) in [5, 5.41) is 3.84. The molecule has 1 N–H and O–H groups in total. The average Bonchev–Trinajstić information content (AvgIpc) is 3.15. The van der Waals surface area contributed by atoms with Crippen LogP contribution >= 0.6 is 0 Å². The van der Waals surface area contributed by atoms with Crippen LogP contribution in [0.4, 0.5) is 0 Å². The third kappa shape index (κ3) is 3.30. The maximum Gasteiger partial charge on any atom is 0.118 e. The van der Waals surface area contributed by atoms with Crippen molar-refractivity contribution in [2.24, 2.45) is 11.8 Å². The molecule has 0 aromatic heterocycles. The molecule has 1 atom stereocenters. The van der Waals surface area contributed by atoms with Crippen LogP contribution in [0, 0.1) is 11.8 Å². The Morgan fingerprint density at radius 2 is 1.79 bits per heavy atom. The lowest BCUT2D eigenvalue weighted by Crippen LogP contribution is -2.27. The largest absolute Gasteiger partial charge is 0.497 e. The van der Waals surface area contributed by atoms with Gasteiger partial charge in [0, 0.05) is 6.04 Å². The van der Waals surface area contributed by atoms with Gasteiger partial charge < -0.3 is 10.1 Å². The monoisotopic (exact) mass is 259 g/mol. The van der Waals surface area contributed by atoms with Crippen molar-refractivity contribution in [2.75, 3.05) is 13.7 Å². The van der Waals surface area contributed by atoms with E-state index in [-0.39, 0.29) is 0 Å². The summed E-state index contributed by atoms with van der Waals surface area (Å²) in [5.41, 5.74) is 1.43. The summed E-state index contributed by atoms with van der Waals surface area (Å²) in [6.45, 7) is 1.20. The second-order valence-electron chi connectivity index (χ2n) is 6.15. The van der Waals surface area contributed by atoms with E-state index in [0.29, 0.717) is 6.04 Å². The summed E-state index contributed by atoms with van der Waals surface area (Å²) in [5.74, 6) is 2.73. The number of nitrogens with one attached hydrogen (secondary N) is 1. The topological polar surface area (TPSA) is 21.3 Å². The Hall–Kier alpha value is -1.02. The van der Waals surface area contributed by atoms with Gasteiger partial charge in [-0.15, -0.1) is 0 Å². The van der Waals surface area contributed by atoms with Crippen molar-refractivity contribution in [2.45, 2.75) is 44.6 Å². The van der Waals surface area contributed by atoms with E-state index >= 15 is 0 Å². The highest BCUT2D eigenvalue weighted by Crippen LogP contribution is 2.41. The van der Waals surface area contributed by atoms with E-state index in [9.17, 15) is 0 Å². The smallest absolute Gasteiger partial charge is 0.118 e. The van der Waals surface area contributed by atoms with Gasteiger partial charge in [-0.3, -0.25) is 0 Å². The van der Waals surface area contributed by atoms with Gasteiger partial charge in [0.2, 0.25) is 0 Å². The van der Waals surface area contributed by atoms with Crippen LogP contribution in [0.3, 0.4) is 0 Å². The normalized spacial score (nSPS) is 21.5. The first-order valence-electron chi connectivity index (χ1n) is 7.74. The second kappa shape index (κ2) is 5.96. The molecule has 0 heterocycles. The third-order valence-electron chi connectivity index (χ3n) is 4.67. The van der Waals surface area contributed by atoms with Gasteiger partial charge in [0.1, 0.15) is 5.75 Å². The van der Waals surface area contributed by atoms with Gasteiger partial charge in [-0.1, -0.05) is 25.0 Å². The van der Waals surface area contributed by atoms with E-state index in [2.05, 4.69) is 29.6 Å². The van der Waals surface area contributed by atoms with E-state index in [0.717, 1.165) is 17.6 Å². The molecule has 0 saturated heterocycles. The molecular weight excluding hydrogens is 234 g/mol. The van der Waals surface area contributed by atoms with Gasteiger partial charge >= 0.3 is 0 Å². The summed E-state index contributed by atoms with van der Waals surface area (Å²) in [6, 6.07) is 9.18. The molecule has 2 saturated carbocycles. The maximum absolute atomic E-state index is 5.25. The molecule has 0 amide bonds. The Kier molecular flexibility index (Phi) is 4.07. The zero-order chi connectivity index (χ0) is 13.1. The van der Waals surface area contributed by atoms with Crippen molar-refractivity contribution >= 4 is 0 Å². The number of benzene rings is 1. The van der Waals surface area contributed by atoms with Crippen molar-refractivity contribution in [3.05, 3.63) is 29.8 Å². The van der Waals surface area contributed by atoms with Gasteiger partial charge in [-0.05, 0) is 61.8 Å². The van der Waals surface area contributed by atoms with Crippen LogP contribution in [0.25, 0.3) is 0 Å². The lowest BCUT2D eigenvalue weighted by atomic mass is 10.0. The maximum atomic E-state index is 5.25. The first-order valence-corrected chi connectivity index (χ1v) is 7.74. The molecule has 0 bridgehead atoms. The Morgan fingerprint density at radius 1 is 1.11 bits per heavy atom. The van der Waals surface area contributed by atoms with E-state index < -0.39 is 0 Å². The van der Waals surface area contributed by atoms with Crippen molar-refractivity contribution in [3.8, 4) is 5.75 Å². The molecule has 1 aromatic carbocycles. The van der Waals surface area contributed by atoms with E-state index in [1.54, 1.807) is 7.11 Å². The number of methoxy groups -OCH3 is 1. The van der Waals surface area contributed by atoms with Crippen LogP contribution in [-0.2, 0) is 0 Å². The summed E-state index contributed by atoms with van der Waals surface area (Å²) < 4.78 is 5.25. The fourth-order valence-electron chi connectivity index (χ4n) is 3.31. The molecule has 2 heteroatoms. The molecule has 0 spiro atoms. The van der Waals surface area contributed by atoms with E-state index in [4.69, 9.17) is 4.74 Å². The summed E-state index contributed by atoms with van der Waals surface area (Å²) in [6.07, 6.45) is 8.48. The van der Waals surface area contributed by atoms with E-state index in [1.165, 1.54) is 50.6 Å². The number of hydrogen-bond acceptors (Lipinski definition) is 2. The van der Waals surface area contributed by atoms with E-state index in [1.807, 2.05) is 0 Å². The highest BCUT2D eigenvalue weighted by molar-refractivity contribution is 5.30. The predicted molar refractivity (Wildman–Crippen MR) is 78.4 cm³/mol. The molecule has 2 aliphatic rings. The minimum absolute atomic E-state index is 0.562. The fourth-order valence-corrected chi connectivity index (χ4v) is 3.31. The molecule has 0 radical (unpaired) electrons. The van der Waals surface area contributed by atoms with Gasteiger partial charge in [-0.25, -0.2) is 0 Å². The second-order valence-corrected chi connectivity index (χ2v) is 6.15. The van der Waals surface area contributed by atoms with Crippen LogP contribution in [0.2, 0.25) is 0 Å². The fraction of sp³-hybridized carbons (Fsp3) is 0.647. The molecule has 2 fully saturated rings. The number of hydrogen-bond donors (Lipinski definition) is 1. The summed E-state index contributed by atoms with van der Waals surface area (Å²) >= 11 is 0. The Balaban J connectivity index is 1.62. The van der Waals surface area contributed by atoms with Gasteiger partial charge in [-0.2, -0.15) is 0 Å². The molecule has 2 aliphatic carbocycles.